The van der Waals surface area contributed by atoms with Crippen molar-refractivity contribution in [3.8, 4) is 11.5 Å². The normalized spacial score (nSPS) is 15.4. The van der Waals surface area contributed by atoms with E-state index < -0.39 is 10.0 Å². The molecule has 0 saturated heterocycles. The molecule has 2 atom stereocenters. The Hall–Kier alpha value is -2.78. The number of sulfonamides is 1. The first kappa shape index (κ1) is 21.9. The predicted octanol–water partition coefficient (Wildman–Crippen LogP) is 2.86. The molecule has 0 saturated carbocycles. The summed E-state index contributed by atoms with van der Waals surface area (Å²) in [5.74, 6) is 1.52. The largest absolute Gasteiger partial charge is 0.486 e. The minimum atomic E-state index is -3.75. The summed E-state index contributed by atoms with van der Waals surface area (Å²) in [4.78, 5) is 12.7. The van der Waals surface area contributed by atoms with Crippen molar-refractivity contribution in [2.75, 3.05) is 13.2 Å². The maximum atomic E-state index is 12.6. The smallest absolute Gasteiger partial charge is 0.315 e. The van der Waals surface area contributed by atoms with Gasteiger partial charge in [0.05, 0.1) is 17.0 Å². The highest BCUT2D eigenvalue weighted by Gasteiger charge is 2.22. The highest BCUT2D eigenvalue weighted by Crippen LogP contribution is 2.34. The first-order valence-electron chi connectivity index (χ1n) is 9.74. The van der Waals surface area contributed by atoms with Crippen LogP contribution >= 0.6 is 0 Å². The van der Waals surface area contributed by atoms with E-state index in [1.54, 1.807) is 12.1 Å². The van der Waals surface area contributed by atoms with Crippen LogP contribution in [0.4, 0.5) is 4.79 Å². The molecule has 30 heavy (non-hydrogen) atoms. The fourth-order valence-corrected chi connectivity index (χ4v) is 3.81. The maximum Gasteiger partial charge on any atom is 0.315 e. The Labute approximate surface area is 176 Å². The van der Waals surface area contributed by atoms with Gasteiger partial charge in [-0.1, -0.05) is 32.0 Å². The van der Waals surface area contributed by atoms with E-state index in [0.717, 1.165) is 11.1 Å². The third kappa shape index (κ3) is 5.22. The molecule has 0 radical (unpaired) electrons. The van der Waals surface area contributed by atoms with Crippen molar-refractivity contribution in [3.05, 3.63) is 53.6 Å². The summed E-state index contributed by atoms with van der Waals surface area (Å²) < 4.78 is 34.0. The molecular formula is C21H27N3O5S. The molecule has 8 nitrogen and oxygen atoms in total. The van der Waals surface area contributed by atoms with Crippen molar-refractivity contribution in [2.24, 2.45) is 11.1 Å². The zero-order valence-corrected chi connectivity index (χ0v) is 18.0. The number of benzene rings is 2. The van der Waals surface area contributed by atoms with Crippen molar-refractivity contribution in [1.82, 2.24) is 10.6 Å². The number of urea groups is 1. The molecule has 1 aliphatic heterocycles. The van der Waals surface area contributed by atoms with Crippen LogP contribution in [-0.2, 0) is 10.0 Å². The fraction of sp³-hybridized carbons (Fsp3) is 0.381. The third-order valence-corrected chi connectivity index (χ3v) is 5.86. The molecule has 2 aromatic rings. The number of rotatable bonds is 6. The molecule has 9 heteroatoms. The van der Waals surface area contributed by atoms with Gasteiger partial charge < -0.3 is 20.1 Å². The Bertz CT molecular complexity index is 1010. The number of primary sulfonamides is 1. The number of carbonyl (C=O) groups is 1. The molecule has 3 rings (SSSR count). The van der Waals surface area contributed by atoms with Crippen LogP contribution in [0.25, 0.3) is 0 Å². The first-order valence-corrected chi connectivity index (χ1v) is 11.3. The Kier molecular flexibility index (Phi) is 6.52. The second kappa shape index (κ2) is 8.93. The van der Waals surface area contributed by atoms with Crippen LogP contribution in [0.3, 0.4) is 0 Å². The van der Waals surface area contributed by atoms with E-state index in [2.05, 4.69) is 10.6 Å². The van der Waals surface area contributed by atoms with Gasteiger partial charge in [-0.05, 0) is 48.2 Å². The molecule has 162 valence electrons. The highest BCUT2D eigenvalue weighted by atomic mass is 32.2. The number of hydrogen-bond acceptors (Lipinski definition) is 5. The Morgan fingerprint density at radius 2 is 1.53 bits per heavy atom. The van der Waals surface area contributed by atoms with Gasteiger partial charge in [0.15, 0.2) is 11.5 Å². The molecule has 0 spiro atoms. The molecule has 1 aliphatic rings. The Morgan fingerprint density at radius 1 is 0.933 bits per heavy atom. The van der Waals surface area contributed by atoms with Gasteiger partial charge in [0.25, 0.3) is 0 Å². The molecule has 2 aromatic carbocycles. The quantitative estimate of drug-likeness (QED) is 0.647. The summed E-state index contributed by atoms with van der Waals surface area (Å²) in [5.41, 5.74) is 1.69. The number of nitrogens with one attached hydrogen (secondary N) is 2. The van der Waals surface area contributed by atoms with E-state index in [1.165, 1.54) is 12.1 Å². The topological polar surface area (TPSA) is 120 Å². The summed E-state index contributed by atoms with van der Waals surface area (Å²) in [7, 11) is -3.75. The molecule has 2 amide bonds. The number of hydrogen-bond donors (Lipinski definition) is 3. The number of carbonyl (C=O) groups excluding carboxylic acids is 1. The number of ether oxygens (including phenoxy) is 2. The molecule has 4 N–H and O–H groups in total. The number of nitrogens with two attached hydrogens (primary N) is 1. The summed E-state index contributed by atoms with van der Waals surface area (Å²) in [6.45, 7) is 6.89. The Balaban J connectivity index is 1.68. The van der Waals surface area contributed by atoms with Crippen molar-refractivity contribution < 1.29 is 22.7 Å². The maximum absolute atomic E-state index is 12.6. The second-order valence-corrected chi connectivity index (χ2v) is 9.14. The second-order valence-electron chi connectivity index (χ2n) is 7.58. The van der Waals surface area contributed by atoms with Gasteiger partial charge >= 0.3 is 6.03 Å². The molecule has 0 fully saturated rings. The third-order valence-electron chi connectivity index (χ3n) is 4.93. The summed E-state index contributed by atoms with van der Waals surface area (Å²) in [6, 6.07) is 10.9. The van der Waals surface area contributed by atoms with Crippen molar-refractivity contribution in [1.29, 1.82) is 0 Å². The monoisotopic (exact) mass is 433 g/mol. The van der Waals surface area contributed by atoms with Crippen LogP contribution in [0.5, 0.6) is 11.5 Å². The van der Waals surface area contributed by atoms with E-state index in [0.29, 0.717) is 24.7 Å². The van der Waals surface area contributed by atoms with Crippen LogP contribution in [-0.4, -0.2) is 27.7 Å². The lowest BCUT2D eigenvalue weighted by atomic mass is 9.95. The van der Waals surface area contributed by atoms with Crippen molar-refractivity contribution >= 4 is 16.1 Å². The minimum absolute atomic E-state index is 0.0291. The molecule has 0 bridgehead atoms. The molecule has 0 aromatic heterocycles. The average Bonchev–Trinajstić information content (AvgIpc) is 2.71. The van der Waals surface area contributed by atoms with Gasteiger partial charge in [0.1, 0.15) is 13.2 Å². The van der Waals surface area contributed by atoms with Gasteiger partial charge in [0, 0.05) is 0 Å². The summed E-state index contributed by atoms with van der Waals surface area (Å²) >= 11 is 0. The van der Waals surface area contributed by atoms with Crippen LogP contribution in [0.2, 0.25) is 0 Å². The van der Waals surface area contributed by atoms with Gasteiger partial charge in [0.2, 0.25) is 10.0 Å². The van der Waals surface area contributed by atoms with Crippen LogP contribution < -0.4 is 25.2 Å². The minimum Gasteiger partial charge on any atom is -0.486 e. The van der Waals surface area contributed by atoms with Crippen molar-refractivity contribution in [2.45, 2.75) is 37.8 Å². The summed E-state index contributed by atoms with van der Waals surface area (Å²) in [6.07, 6.45) is 0. The van der Waals surface area contributed by atoms with Gasteiger partial charge in [-0.2, -0.15) is 0 Å². The van der Waals surface area contributed by atoms with E-state index in [4.69, 9.17) is 14.6 Å². The lowest BCUT2D eigenvalue weighted by molar-refractivity contribution is 0.171. The molecular weight excluding hydrogens is 406 g/mol. The lowest BCUT2D eigenvalue weighted by Crippen LogP contribution is -2.40. The fourth-order valence-electron chi connectivity index (χ4n) is 3.30. The van der Waals surface area contributed by atoms with E-state index >= 15 is 0 Å². The lowest BCUT2D eigenvalue weighted by Gasteiger charge is -2.26. The Morgan fingerprint density at radius 3 is 2.13 bits per heavy atom. The molecule has 0 aliphatic carbocycles. The highest BCUT2D eigenvalue weighted by molar-refractivity contribution is 7.89. The summed E-state index contributed by atoms with van der Waals surface area (Å²) in [5, 5.41) is 11.0. The zero-order chi connectivity index (χ0) is 21.9. The van der Waals surface area contributed by atoms with Crippen molar-refractivity contribution in [3.63, 3.8) is 0 Å². The van der Waals surface area contributed by atoms with Crippen LogP contribution in [0, 0.1) is 5.92 Å². The zero-order valence-electron chi connectivity index (χ0n) is 17.2. The predicted molar refractivity (Wildman–Crippen MR) is 113 cm³/mol. The van der Waals surface area contributed by atoms with Crippen LogP contribution in [0.15, 0.2) is 47.4 Å². The SMILES string of the molecule is CC(NC(=O)NC(c1ccc2c(c1)OCCO2)C(C)C)c1ccc(S(N)(=O)=O)cc1. The first-order chi connectivity index (χ1) is 14.1. The number of amides is 2. The van der Waals surface area contributed by atoms with E-state index in [1.807, 2.05) is 39.0 Å². The van der Waals surface area contributed by atoms with Gasteiger partial charge in [-0.15, -0.1) is 0 Å². The van der Waals surface area contributed by atoms with E-state index in [9.17, 15) is 13.2 Å². The van der Waals surface area contributed by atoms with Crippen LogP contribution in [0.1, 0.15) is 44.0 Å². The standard InChI is InChI=1S/C21H27N3O5S/c1-13(2)20(16-6-9-18-19(12-16)29-11-10-28-18)24-21(25)23-14(3)15-4-7-17(8-5-15)30(22,26)27/h4-9,12-14,20H,10-11H2,1-3H3,(H2,22,26,27)(H2,23,24,25). The molecule has 2 unspecified atom stereocenters. The average molecular weight is 434 g/mol. The van der Waals surface area contributed by atoms with E-state index in [-0.39, 0.29) is 28.9 Å². The number of fused-ring (bicyclic) bond motifs is 1. The molecule has 1 heterocycles. The van der Waals surface area contributed by atoms with Gasteiger partial charge in [-0.3, -0.25) is 0 Å². The van der Waals surface area contributed by atoms with Gasteiger partial charge in [-0.25, -0.2) is 18.4 Å².